The molecule has 2 aromatic rings. The number of amides is 1. The molecule has 1 fully saturated rings. The first-order valence-corrected chi connectivity index (χ1v) is 14.9. The molecule has 0 spiro atoms. The average Bonchev–Trinajstić information content (AvgIpc) is 3.29. The van der Waals surface area contributed by atoms with E-state index in [-0.39, 0.29) is 10.7 Å². The van der Waals surface area contributed by atoms with E-state index in [1.807, 2.05) is 52.0 Å². The second kappa shape index (κ2) is 12.4. The van der Waals surface area contributed by atoms with E-state index < -0.39 is 11.6 Å². The van der Waals surface area contributed by atoms with Gasteiger partial charge in [0.25, 0.3) is 5.91 Å². The Kier molecular flexibility index (Phi) is 10.5. The molecule has 210 valence electrons. The molecule has 5 heteroatoms. The molecule has 2 aromatic carbocycles. The number of aliphatic hydroxyl groups excluding tert-OH is 1. The van der Waals surface area contributed by atoms with Gasteiger partial charge in [-0.05, 0) is 87.8 Å². The summed E-state index contributed by atoms with van der Waals surface area (Å²) in [7, 11) is 0. The van der Waals surface area contributed by atoms with Crippen LogP contribution in [0.4, 0.5) is 5.69 Å². The molecule has 1 aliphatic heterocycles. The lowest BCUT2D eigenvalue weighted by molar-refractivity contribution is 0.100. The zero-order valence-corrected chi connectivity index (χ0v) is 26.6. The minimum atomic E-state index is -0.483. The zero-order chi connectivity index (χ0) is 29.1. The van der Waals surface area contributed by atoms with Gasteiger partial charge in [-0.1, -0.05) is 90.4 Å². The molecule has 4 nitrogen and oxygen atoms in total. The number of hydrogen-bond donors (Lipinski definition) is 1. The van der Waals surface area contributed by atoms with E-state index in [2.05, 4.69) is 67.5 Å². The summed E-state index contributed by atoms with van der Waals surface area (Å²) in [5.41, 5.74) is 5.94. The Labute approximate surface area is 236 Å². The molecule has 0 aromatic heterocycles. The number of nitrogens with zero attached hydrogens (tertiary/aromatic N) is 2. The first kappa shape index (κ1) is 32.1. The zero-order valence-electron chi connectivity index (χ0n) is 25.8. The van der Waals surface area contributed by atoms with Crippen LogP contribution in [0.3, 0.4) is 0 Å². The summed E-state index contributed by atoms with van der Waals surface area (Å²) in [5.74, 6) is -0.0722. The normalized spacial score (nSPS) is 22.2. The molecule has 1 aliphatic carbocycles. The van der Waals surface area contributed by atoms with Crippen LogP contribution < -0.4 is 4.90 Å². The van der Waals surface area contributed by atoms with Crippen LogP contribution in [-0.2, 0) is 0 Å². The second-order valence-electron chi connectivity index (χ2n) is 12.4. The first-order chi connectivity index (χ1) is 17.6. The van der Waals surface area contributed by atoms with Crippen LogP contribution >= 0.6 is 11.8 Å². The smallest absolute Gasteiger partial charge is 0.264 e. The fraction of sp³-hybridized carbons (Fsp3) is 0.576. The van der Waals surface area contributed by atoms with Crippen molar-refractivity contribution in [2.45, 2.75) is 119 Å². The number of benzene rings is 2. The van der Waals surface area contributed by atoms with E-state index in [0.717, 1.165) is 41.6 Å². The van der Waals surface area contributed by atoms with Gasteiger partial charge in [0.05, 0.1) is 16.5 Å². The minimum absolute atomic E-state index is 0.0722. The third kappa shape index (κ3) is 7.09. The van der Waals surface area contributed by atoms with Crippen LogP contribution in [0.2, 0.25) is 0 Å². The Morgan fingerprint density at radius 1 is 1.03 bits per heavy atom. The standard InChI is InChI=1S/C26H32N2O2S.C5H12.C2H6/c1-7-8-22(29)26-15-25(26,6)31-24(27-26)28(20-11-10-17(3)18(4)14-20)23(30)21-12-9-16(2)13-19(21)5;1-5(2,3)4;1-2/h9-14,22,29H,7-8,15H2,1-6H3;1-4H3;1-2H3. The second-order valence-corrected chi connectivity index (χ2v) is 13.8. The van der Waals surface area contributed by atoms with Gasteiger partial charge < -0.3 is 5.11 Å². The van der Waals surface area contributed by atoms with E-state index in [9.17, 15) is 9.90 Å². The van der Waals surface area contributed by atoms with E-state index in [4.69, 9.17) is 4.99 Å². The van der Waals surface area contributed by atoms with Gasteiger partial charge >= 0.3 is 0 Å². The highest BCUT2D eigenvalue weighted by Gasteiger charge is 2.73. The molecule has 3 atom stereocenters. The molecule has 2 aliphatic rings. The highest BCUT2D eigenvalue weighted by atomic mass is 32.2. The van der Waals surface area contributed by atoms with Gasteiger partial charge in [-0.3, -0.25) is 14.7 Å². The third-order valence-corrected chi connectivity index (χ3v) is 8.28. The van der Waals surface area contributed by atoms with Crippen molar-refractivity contribution in [1.29, 1.82) is 0 Å². The van der Waals surface area contributed by atoms with Crippen molar-refractivity contribution >= 4 is 28.5 Å². The lowest BCUT2D eigenvalue weighted by atomic mass is 10.0. The fourth-order valence-electron chi connectivity index (χ4n) is 4.65. The van der Waals surface area contributed by atoms with Crippen molar-refractivity contribution in [3.05, 3.63) is 64.2 Å². The quantitative estimate of drug-likeness (QED) is 0.414. The fourth-order valence-corrected chi connectivity index (χ4v) is 6.19. The third-order valence-electron chi connectivity index (χ3n) is 6.88. The maximum absolute atomic E-state index is 13.9. The number of anilines is 1. The maximum Gasteiger partial charge on any atom is 0.264 e. The van der Waals surface area contributed by atoms with E-state index >= 15 is 0 Å². The van der Waals surface area contributed by atoms with E-state index in [1.54, 1.807) is 16.7 Å². The summed E-state index contributed by atoms with van der Waals surface area (Å²) < 4.78 is -0.155. The van der Waals surface area contributed by atoms with Crippen molar-refractivity contribution in [2.75, 3.05) is 4.90 Å². The molecule has 0 bridgehead atoms. The lowest BCUT2D eigenvalue weighted by Gasteiger charge is -2.25. The number of aliphatic imine (C=N–C) groups is 1. The predicted octanol–water partition coefficient (Wildman–Crippen LogP) is 8.81. The number of aryl methyl sites for hydroxylation is 4. The Morgan fingerprint density at radius 2 is 1.63 bits per heavy atom. The summed E-state index contributed by atoms with van der Waals surface area (Å²) in [5, 5.41) is 11.6. The molecule has 1 heterocycles. The number of amidine groups is 1. The van der Waals surface area contributed by atoms with Crippen molar-refractivity contribution in [3.8, 4) is 0 Å². The Bertz CT molecular complexity index is 1160. The molecular formula is C33H50N2O2S. The number of carbonyl (C=O) groups is 1. The maximum atomic E-state index is 13.9. The Hall–Kier alpha value is -2.11. The van der Waals surface area contributed by atoms with Gasteiger partial charge in [0, 0.05) is 5.56 Å². The van der Waals surface area contributed by atoms with Crippen molar-refractivity contribution in [1.82, 2.24) is 0 Å². The van der Waals surface area contributed by atoms with Crippen LogP contribution in [0.5, 0.6) is 0 Å². The van der Waals surface area contributed by atoms with Crippen LogP contribution in [0.15, 0.2) is 41.4 Å². The van der Waals surface area contributed by atoms with Gasteiger partial charge in [0.15, 0.2) is 5.17 Å². The van der Waals surface area contributed by atoms with Crippen LogP contribution in [0.1, 0.15) is 107 Å². The molecule has 1 amide bonds. The van der Waals surface area contributed by atoms with Crippen molar-refractivity contribution in [2.24, 2.45) is 10.4 Å². The molecule has 4 rings (SSSR count). The minimum Gasteiger partial charge on any atom is -0.391 e. The summed E-state index contributed by atoms with van der Waals surface area (Å²) >= 11 is 1.64. The number of thioether (sulfide) groups is 1. The number of hydrogen-bond acceptors (Lipinski definition) is 4. The Morgan fingerprint density at radius 3 is 2.16 bits per heavy atom. The van der Waals surface area contributed by atoms with Gasteiger partial charge in [-0.2, -0.15) is 0 Å². The molecule has 0 radical (unpaired) electrons. The summed E-state index contributed by atoms with van der Waals surface area (Å²) in [4.78, 5) is 20.7. The summed E-state index contributed by atoms with van der Waals surface area (Å²) in [6.45, 7) is 25.1. The highest BCUT2D eigenvalue weighted by Crippen LogP contribution is 2.67. The van der Waals surface area contributed by atoms with E-state index in [1.165, 1.54) is 5.56 Å². The highest BCUT2D eigenvalue weighted by molar-refractivity contribution is 8.16. The number of fused-ring (bicyclic) bond motifs is 1. The summed E-state index contributed by atoms with van der Waals surface area (Å²) in [6, 6.07) is 12.0. The molecule has 0 saturated heterocycles. The molecule has 38 heavy (non-hydrogen) atoms. The molecular weight excluding hydrogens is 488 g/mol. The topological polar surface area (TPSA) is 52.9 Å². The largest absolute Gasteiger partial charge is 0.391 e. The van der Waals surface area contributed by atoms with Gasteiger partial charge in [-0.25, -0.2) is 0 Å². The first-order valence-electron chi connectivity index (χ1n) is 14.1. The lowest BCUT2D eigenvalue weighted by Crippen LogP contribution is -2.36. The number of carbonyl (C=O) groups excluding carboxylic acids is 1. The van der Waals surface area contributed by atoms with E-state index in [0.29, 0.717) is 16.1 Å². The van der Waals surface area contributed by atoms with Gasteiger partial charge in [0.2, 0.25) is 0 Å². The van der Waals surface area contributed by atoms with Crippen LogP contribution in [-0.4, -0.2) is 32.6 Å². The number of rotatable bonds is 5. The van der Waals surface area contributed by atoms with Gasteiger partial charge in [0.1, 0.15) is 5.54 Å². The van der Waals surface area contributed by atoms with Crippen molar-refractivity contribution < 1.29 is 9.90 Å². The number of aliphatic hydroxyl groups is 1. The SMILES string of the molecule is CC.CC(C)(C)C.CCCC(O)C12CC1(C)SC(N(C(=O)c1ccc(C)cc1C)c1ccc(C)c(C)c1)=N2. The molecule has 1 saturated carbocycles. The average molecular weight is 539 g/mol. The van der Waals surface area contributed by atoms with Crippen LogP contribution in [0, 0.1) is 33.1 Å². The predicted molar refractivity (Wildman–Crippen MR) is 167 cm³/mol. The Balaban J connectivity index is 0.000000651. The summed E-state index contributed by atoms with van der Waals surface area (Å²) in [6.07, 6.45) is 2.01. The van der Waals surface area contributed by atoms with Gasteiger partial charge in [-0.15, -0.1) is 0 Å². The monoisotopic (exact) mass is 538 g/mol. The van der Waals surface area contributed by atoms with Crippen LogP contribution in [0.25, 0.3) is 0 Å². The van der Waals surface area contributed by atoms with Crippen molar-refractivity contribution in [3.63, 3.8) is 0 Å². The molecule has 3 unspecified atom stereocenters. The molecule has 1 N–H and O–H groups in total.